The van der Waals surface area contributed by atoms with E-state index in [0.717, 1.165) is 0 Å². The molecule has 3 rings (SSSR count). The van der Waals surface area contributed by atoms with Crippen molar-refractivity contribution in [3.63, 3.8) is 0 Å². The van der Waals surface area contributed by atoms with Gasteiger partial charge < -0.3 is 10.4 Å². The maximum Gasteiger partial charge on any atom is 0.321 e. The second kappa shape index (κ2) is 6.66. The van der Waals surface area contributed by atoms with E-state index in [1.807, 2.05) is 6.26 Å². The monoisotopic (exact) mass is 380 g/mol. The fourth-order valence-corrected chi connectivity index (χ4v) is 4.72. The number of carbonyl (C=O) groups excluding carboxylic acids is 1. The van der Waals surface area contributed by atoms with Gasteiger partial charge in [-0.2, -0.15) is 16.5 Å². The average Bonchev–Trinajstić information content (AvgIpc) is 2.89. The third kappa shape index (κ3) is 3.22. The molecule has 0 aliphatic carbocycles. The first-order valence-corrected chi connectivity index (χ1v) is 10.3. The second-order valence-corrected chi connectivity index (χ2v) is 8.26. The van der Waals surface area contributed by atoms with E-state index in [1.165, 1.54) is 23.9 Å². The van der Waals surface area contributed by atoms with Crippen LogP contribution in [0, 0.1) is 0 Å². The van der Waals surface area contributed by atoms with Gasteiger partial charge in [0, 0.05) is 22.0 Å². The summed E-state index contributed by atoms with van der Waals surface area (Å²) >= 11 is 1.44. The lowest BCUT2D eigenvalue weighted by atomic mass is 10.1. The minimum atomic E-state index is -4.06. The molecule has 0 radical (unpaired) electrons. The van der Waals surface area contributed by atoms with Crippen molar-refractivity contribution in [3.8, 4) is 0 Å². The van der Waals surface area contributed by atoms with Crippen molar-refractivity contribution >= 4 is 50.1 Å². The molecule has 0 saturated carbocycles. The molecule has 7 nitrogen and oxygen atoms in total. The topological polar surface area (TPSA) is 113 Å². The molecule has 0 saturated heterocycles. The van der Waals surface area contributed by atoms with E-state index >= 15 is 0 Å². The van der Waals surface area contributed by atoms with E-state index in [0.29, 0.717) is 27.8 Å². The summed E-state index contributed by atoms with van der Waals surface area (Å²) in [5.41, 5.74) is 0.952. The maximum absolute atomic E-state index is 12.8. The Balaban J connectivity index is 2.05. The number of carboxylic acids is 1. The average molecular weight is 380 g/mol. The number of hydrogen-bond acceptors (Lipinski definition) is 5. The molecule has 2 aromatic carbocycles. The van der Waals surface area contributed by atoms with Crippen molar-refractivity contribution in [2.75, 3.05) is 17.3 Å². The summed E-state index contributed by atoms with van der Waals surface area (Å²) in [6.07, 6.45) is 2.00. The number of rotatable bonds is 7. The zero-order valence-corrected chi connectivity index (χ0v) is 14.9. The van der Waals surface area contributed by atoms with Crippen molar-refractivity contribution < 1.29 is 23.1 Å². The fraction of sp³-hybridized carbons (Fsp3) is 0.250. The molecular formula is C16H16N2O5S2. The van der Waals surface area contributed by atoms with Crippen LogP contribution < -0.4 is 10.0 Å². The molecule has 1 aliphatic rings. The van der Waals surface area contributed by atoms with Gasteiger partial charge in [-0.1, -0.05) is 12.1 Å². The van der Waals surface area contributed by atoms with Crippen LogP contribution in [0.25, 0.3) is 10.8 Å². The molecule has 0 unspecified atom stereocenters. The molecule has 1 atom stereocenters. The van der Waals surface area contributed by atoms with E-state index in [9.17, 15) is 23.1 Å². The van der Waals surface area contributed by atoms with Gasteiger partial charge >= 0.3 is 5.97 Å². The number of aliphatic carboxylic acids is 1. The molecule has 25 heavy (non-hydrogen) atoms. The van der Waals surface area contributed by atoms with Crippen molar-refractivity contribution in [3.05, 3.63) is 35.9 Å². The SMILES string of the molecule is CSCC[C@@H](NS(=O)(=O)c1ccc2c3c(cccc13)C(=O)N2)C(=O)O. The van der Waals surface area contributed by atoms with Gasteiger partial charge in [0.2, 0.25) is 10.0 Å². The molecule has 0 fully saturated rings. The molecule has 1 heterocycles. The van der Waals surface area contributed by atoms with Crippen LogP contribution in [0.4, 0.5) is 5.69 Å². The van der Waals surface area contributed by atoms with Gasteiger partial charge in [-0.15, -0.1) is 0 Å². The predicted octanol–water partition coefficient (Wildman–Crippen LogP) is 1.89. The van der Waals surface area contributed by atoms with E-state index in [2.05, 4.69) is 10.0 Å². The van der Waals surface area contributed by atoms with Gasteiger partial charge in [0.25, 0.3) is 5.91 Å². The lowest BCUT2D eigenvalue weighted by Crippen LogP contribution is -2.41. The van der Waals surface area contributed by atoms with Crippen LogP contribution in [-0.2, 0) is 14.8 Å². The van der Waals surface area contributed by atoms with Crippen molar-refractivity contribution in [2.45, 2.75) is 17.4 Å². The molecule has 2 aromatic rings. The van der Waals surface area contributed by atoms with E-state index < -0.39 is 22.0 Å². The molecule has 1 aliphatic heterocycles. The Bertz CT molecular complexity index is 972. The first kappa shape index (κ1) is 17.7. The zero-order valence-electron chi connectivity index (χ0n) is 13.3. The highest BCUT2D eigenvalue weighted by atomic mass is 32.2. The largest absolute Gasteiger partial charge is 0.480 e. The Morgan fingerprint density at radius 2 is 2.08 bits per heavy atom. The summed E-state index contributed by atoms with van der Waals surface area (Å²) < 4.78 is 27.8. The number of nitrogens with one attached hydrogen (secondary N) is 2. The lowest BCUT2D eigenvalue weighted by Gasteiger charge is -2.15. The van der Waals surface area contributed by atoms with Crippen LogP contribution in [-0.4, -0.2) is 43.5 Å². The van der Waals surface area contributed by atoms with Gasteiger partial charge in [-0.05, 0) is 36.6 Å². The molecule has 0 bridgehead atoms. The molecule has 0 aromatic heterocycles. The van der Waals surface area contributed by atoms with E-state index in [4.69, 9.17) is 0 Å². The smallest absolute Gasteiger partial charge is 0.321 e. The Labute approximate surface area is 148 Å². The van der Waals surface area contributed by atoms with E-state index in [1.54, 1.807) is 18.2 Å². The summed E-state index contributed by atoms with van der Waals surface area (Å²) in [6.45, 7) is 0. The summed E-state index contributed by atoms with van der Waals surface area (Å²) in [5.74, 6) is -0.992. The van der Waals surface area contributed by atoms with Gasteiger partial charge in [0.15, 0.2) is 0 Å². The number of hydrogen-bond donors (Lipinski definition) is 3. The summed E-state index contributed by atoms with van der Waals surface area (Å²) in [7, 11) is -4.06. The van der Waals surface area contributed by atoms with Gasteiger partial charge in [-0.3, -0.25) is 9.59 Å². The van der Waals surface area contributed by atoms with Crippen LogP contribution in [0.15, 0.2) is 35.2 Å². The Kier molecular flexibility index (Phi) is 4.72. The van der Waals surface area contributed by atoms with Crippen LogP contribution in [0.5, 0.6) is 0 Å². The number of carbonyl (C=O) groups is 2. The fourth-order valence-electron chi connectivity index (χ4n) is 2.82. The highest BCUT2D eigenvalue weighted by Gasteiger charge is 2.29. The number of anilines is 1. The number of sulfonamides is 1. The first-order chi connectivity index (χ1) is 11.8. The minimum absolute atomic E-state index is 0.0417. The first-order valence-electron chi connectivity index (χ1n) is 7.46. The van der Waals surface area contributed by atoms with Crippen molar-refractivity contribution in [2.24, 2.45) is 0 Å². The predicted molar refractivity (Wildman–Crippen MR) is 96.6 cm³/mol. The molecular weight excluding hydrogens is 364 g/mol. The summed E-state index contributed by atoms with van der Waals surface area (Å²) in [6, 6.07) is 6.52. The highest BCUT2D eigenvalue weighted by molar-refractivity contribution is 7.98. The third-order valence-electron chi connectivity index (χ3n) is 3.99. The van der Waals surface area contributed by atoms with E-state index in [-0.39, 0.29) is 17.2 Å². The summed E-state index contributed by atoms with van der Waals surface area (Å²) in [4.78, 5) is 23.2. The highest BCUT2D eigenvalue weighted by Crippen LogP contribution is 2.36. The second-order valence-electron chi connectivity index (χ2n) is 5.59. The van der Waals surface area contributed by atoms with Crippen molar-refractivity contribution in [1.82, 2.24) is 4.72 Å². The Morgan fingerprint density at radius 3 is 2.76 bits per heavy atom. The van der Waals surface area contributed by atoms with Crippen molar-refractivity contribution in [1.29, 1.82) is 0 Å². The lowest BCUT2D eigenvalue weighted by molar-refractivity contribution is -0.139. The molecule has 132 valence electrons. The number of carboxylic acid groups (broad SMARTS) is 1. The number of benzene rings is 2. The summed E-state index contributed by atoms with van der Waals surface area (Å²) in [5, 5.41) is 12.9. The number of thioether (sulfide) groups is 1. The molecule has 3 N–H and O–H groups in total. The Hall–Kier alpha value is -2.10. The third-order valence-corrected chi connectivity index (χ3v) is 6.16. The van der Waals surface area contributed by atoms with Crippen LogP contribution in [0.3, 0.4) is 0 Å². The van der Waals surface area contributed by atoms with Crippen LogP contribution in [0.1, 0.15) is 16.8 Å². The van der Waals surface area contributed by atoms with Gasteiger partial charge in [0.1, 0.15) is 6.04 Å². The minimum Gasteiger partial charge on any atom is -0.480 e. The maximum atomic E-state index is 12.8. The van der Waals surface area contributed by atoms with Gasteiger partial charge in [0.05, 0.1) is 4.90 Å². The standard InChI is InChI=1S/C16H16N2O5S2/c1-24-8-7-12(16(20)21)18-25(22,23)13-6-5-11-14-9(13)3-2-4-10(14)15(19)17-11/h2-6,12,18H,7-8H2,1H3,(H,17,19)(H,20,21)/t12-/m1/s1. The van der Waals surface area contributed by atoms with Gasteiger partial charge in [-0.25, -0.2) is 8.42 Å². The van der Waals surface area contributed by atoms with Crippen LogP contribution in [0.2, 0.25) is 0 Å². The Morgan fingerprint density at radius 1 is 1.32 bits per heavy atom. The number of amides is 1. The van der Waals surface area contributed by atoms with Crippen LogP contribution >= 0.6 is 11.8 Å². The quantitative estimate of drug-likeness (QED) is 0.676. The molecule has 0 spiro atoms. The zero-order chi connectivity index (χ0) is 18.2. The molecule has 9 heteroatoms. The normalized spacial score (nSPS) is 14.5. The molecule has 1 amide bonds.